The number of hydrogen-bond donors (Lipinski definition) is 1. The molecule has 14 heavy (non-hydrogen) atoms. The Kier molecular flexibility index (Phi) is 2.77. The Morgan fingerprint density at radius 1 is 1.50 bits per heavy atom. The van der Waals surface area contributed by atoms with Crippen molar-refractivity contribution in [3.63, 3.8) is 0 Å². The van der Waals surface area contributed by atoms with Crippen molar-refractivity contribution in [3.8, 4) is 0 Å². The van der Waals surface area contributed by atoms with Gasteiger partial charge in [0.15, 0.2) is 0 Å². The van der Waals surface area contributed by atoms with Crippen LogP contribution in [0.25, 0.3) is 0 Å². The van der Waals surface area contributed by atoms with Gasteiger partial charge in [0, 0.05) is 6.20 Å². The first-order chi connectivity index (χ1) is 6.75. The smallest absolute Gasteiger partial charge is 0.0619 e. The summed E-state index contributed by atoms with van der Waals surface area (Å²) in [5.41, 5.74) is 3.27. The van der Waals surface area contributed by atoms with Gasteiger partial charge in [0.2, 0.25) is 0 Å². The van der Waals surface area contributed by atoms with E-state index in [9.17, 15) is 0 Å². The maximum absolute atomic E-state index is 4.45. The summed E-state index contributed by atoms with van der Waals surface area (Å²) in [4.78, 5) is 8.88. The standard InChI is InChI=1S/C11H17N3/c1-8-6-13-11(9(2)14-8)5-10-3-4-12-7-10/h6,10,12H,3-5,7H2,1-2H3. The molecule has 0 aromatic carbocycles. The van der Waals surface area contributed by atoms with Gasteiger partial charge in [-0.3, -0.25) is 9.97 Å². The van der Waals surface area contributed by atoms with Gasteiger partial charge >= 0.3 is 0 Å². The highest BCUT2D eigenvalue weighted by atomic mass is 14.9. The molecule has 0 radical (unpaired) electrons. The average molecular weight is 191 g/mol. The fourth-order valence-corrected chi connectivity index (χ4v) is 1.99. The predicted molar refractivity (Wildman–Crippen MR) is 56.2 cm³/mol. The highest BCUT2D eigenvalue weighted by molar-refractivity contribution is 5.12. The van der Waals surface area contributed by atoms with Gasteiger partial charge in [0.05, 0.1) is 17.1 Å². The number of aromatic nitrogens is 2. The van der Waals surface area contributed by atoms with Gasteiger partial charge < -0.3 is 5.32 Å². The normalized spacial score (nSPS) is 21.4. The second-order valence-electron chi connectivity index (χ2n) is 4.11. The minimum absolute atomic E-state index is 0.755. The molecule has 1 atom stereocenters. The van der Waals surface area contributed by atoms with Gasteiger partial charge in [0.25, 0.3) is 0 Å². The molecule has 0 amide bonds. The Labute approximate surface area is 85.0 Å². The second kappa shape index (κ2) is 4.05. The second-order valence-corrected chi connectivity index (χ2v) is 4.11. The van der Waals surface area contributed by atoms with Gasteiger partial charge in [-0.2, -0.15) is 0 Å². The molecule has 1 fully saturated rings. The maximum atomic E-state index is 4.45. The number of nitrogens with one attached hydrogen (secondary N) is 1. The summed E-state index contributed by atoms with van der Waals surface area (Å²) in [6.45, 7) is 6.33. The first-order valence-corrected chi connectivity index (χ1v) is 5.25. The lowest BCUT2D eigenvalue weighted by molar-refractivity contribution is 0.567. The lowest BCUT2D eigenvalue weighted by atomic mass is 10.0. The molecule has 3 nitrogen and oxygen atoms in total. The zero-order chi connectivity index (χ0) is 9.97. The molecule has 0 bridgehead atoms. The van der Waals surface area contributed by atoms with Crippen LogP contribution < -0.4 is 5.32 Å². The van der Waals surface area contributed by atoms with Gasteiger partial charge in [0.1, 0.15) is 0 Å². The van der Waals surface area contributed by atoms with Gasteiger partial charge in [-0.25, -0.2) is 0 Å². The Hall–Kier alpha value is -0.960. The van der Waals surface area contributed by atoms with Crippen LogP contribution in [0.1, 0.15) is 23.5 Å². The predicted octanol–water partition coefficient (Wildman–Crippen LogP) is 1.25. The van der Waals surface area contributed by atoms with Crippen molar-refractivity contribution in [3.05, 3.63) is 23.3 Å². The van der Waals surface area contributed by atoms with E-state index in [2.05, 4.69) is 22.2 Å². The van der Waals surface area contributed by atoms with E-state index >= 15 is 0 Å². The van der Waals surface area contributed by atoms with Crippen LogP contribution in [0.3, 0.4) is 0 Å². The quantitative estimate of drug-likeness (QED) is 0.764. The third kappa shape index (κ3) is 2.10. The summed E-state index contributed by atoms with van der Waals surface area (Å²) >= 11 is 0. The molecular weight excluding hydrogens is 174 g/mol. The van der Waals surface area contributed by atoms with E-state index in [4.69, 9.17) is 0 Å². The highest BCUT2D eigenvalue weighted by Gasteiger charge is 2.16. The minimum Gasteiger partial charge on any atom is -0.316 e. The van der Waals surface area contributed by atoms with Crippen LogP contribution >= 0.6 is 0 Å². The van der Waals surface area contributed by atoms with Crippen LogP contribution in [0.2, 0.25) is 0 Å². The molecule has 1 unspecified atom stereocenters. The zero-order valence-corrected chi connectivity index (χ0v) is 8.88. The third-order valence-electron chi connectivity index (χ3n) is 2.81. The Morgan fingerprint density at radius 3 is 3.00 bits per heavy atom. The molecule has 0 aliphatic carbocycles. The van der Waals surface area contributed by atoms with Crippen LogP contribution in [0, 0.1) is 19.8 Å². The lowest BCUT2D eigenvalue weighted by Gasteiger charge is -2.09. The number of nitrogens with zero attached hydrogens (tertiary/aromatic N) is 2. The van der Waals surface area contributed by atoms with Crippen LogP contribution in [0.5, 0.6) is 0 Å². The summed E-state index contributed by atoms with van der Waals surface area (Å²) in [5.74, 6) is 0.755. The van der Waals surface area contributed by atoms with Crippen molar-refractivity contribution >= 4 is 0 Å². The number of hydrogen-bond acceptors (Lipinski definition) is 3. The molecule has 2 rings (SSSR count). The third-order valence-corrected chi connectivity index (χ3v) is 2.81. The zero-order valence-electron chi connectivity index (χ0n) is 8.88. The van der Waals surface area contributed by atoms with Crippen LogP contribution in [-0.2, 0) is 6.42 Å². The van der Waals surface area contributed by atoms with Gasteiger partial charge in [-0.1, -0.05) is 0 Å². The molecular formula is C11H17N3. The SMILES string of the molecule is Cc1cnc(CC2CCNC2)c(C)n1. The molecule has 1 N–H and O–H groups in total. The number of aryl methyl sites for hydroxylation is 2. The largest absolute Gasteiger partial charge is 0.316 e. The molecule has 2 heterocycles. The summed E-state index contributed by atoms with van der Waals surface area (Å²) < 4.78 is 0. The van der Waals surface area contributed by atoms with Gasteiger partial charge in [-0.15, -0.1) is 0 Å². The molecule has 0 spiro atoms. The van der Waals surface area contributed by atoms with Crippen LogP contribution in [0.15, 0.2) is 6.20 Å². The highest BCUT2D eigenvalue weighted by Crippen LogP contribution is 2.15. The van der Waals surface area contributed by atoms with Crippen molar-refractivity contribution in [2.24, 2.45) is 5.92 Å². The Balaban J connectivity index is 2.08. The molecule has 1 saturated heterocycles. The Morgan fingerprint density at radius 2 is 2.36 bits per heavy atom. The summed E-state index contributed by atoms with van der Waals surface area (Å²) in [7, 11) is 0. The van der Waals surface area contributed by atoms with Crippen molar-refractivity contribution in [1.82, 2.24) is 15.3 Å². The molecule has 1 aromatic heterocycles. The van der Waals surface area contributed by atoms with Gasteiger partial charge in [-0.05, 0) is 45.7 Å². The van der Waals surface area contributed by atoms with Crippen molar-refractivity contribution in [2.45, 2.75) is 26.7 Å². The lowest BCUT2D eigenvalue weighted by Crippen LogP contribution is -2.12. The van der Waals surface area contributed by atoms with Crippen LogP contribution in [-0.4, -0.2) is 23.1 Å². The molecule has 0 saturated carbocycles. The monoisotopic (exact) mass is 191 g/mol. The summed E-state index contributed by atoms with van der Waals surface area (Å²) in [6, 6.07) is 0. The first-order valence-electron chi connectivity index (χ1n) is 5.25. The van der Waals surface area contributed by atoms with Crippen molar-refractivity contribution < 1.29 is 0 Å². The minimum atomic E-state index is 0.755. The van der Waals surface area contributed by atoms with E-state index in [0.29, 0.717) is 0 Å². The van der Waals surface area contributed by atoms with E-state index < -0.39 is 0 Å². The van der Waals surface area contributed by atoms with Crippen molar-refractivity contribution in [2.75, 3.05) is 13.1 Å². The van der Waals surface area contributed by atoms with E-state index in [1.165, 1.54) is 12.1 Å². The molecule has 76 valence electrons. The summed E-state index contributed by atoms with van der Waals surface area (Å²) in [5, 5.41) is 3.38. The van der Waals surface area contributed by atoms with Crippen molar-refractivity contribution in [1.29, 1.82) is 0 Å². The summed E-state index contributed by atoms with van der Waals surface area (Å²) in [6.07, 6.45) is 4.21. The molecule has 1 aliphatic heterocycles. The fraction of sp³-hybridized carbons (Fsp3) is 0.636. The topological polar surface area (TPSA) is 37.8 Å². The number of rotatable bonds is 2. The average Bonchev–Trinajstić information content (AvgIpc) is 2.62. The Bertz CT molecular complexity index is 316. The first kappa shape index (κ1) is 9.59. The maximum Gasteiger partial charge on any atom is 0.0619 e. The van der Waals surface area contributed by atoms with E-state index in [0.717, 1.165) is 36.8 Å². The van der Waals surface area contributed by atoms with E-state index in [1.54, 1.807) is 0 Å². The molecule has 3 heteroatoms. The molecule has 1 aromatic rings. The van der Waals surface area contributed by atoms with E-state index in [-0.39, 0.29) is 0 Å². The molecule has 1 aliphatic rings. The fourth-order valence-electron chi connectivity index (χ4n) is 1.99. The van der Waals surface area contributed by atoms with Crippen LogP contribution in [0.4, 0.5) is 0 Å². The van der Waals surface area contributed by atoms with E-state index in [1.807, 2.05) is 13.1 Å².